The quantitative estimate of drug-likeness (QED) is 0.613. The second-order valence-corrected chi connectivity index (χ2v) is 8.04. The fourth-order valence-electron chi connectivity index (χ4n) is 2.81. The molecule has 1 aromatic carbocycles. The molecule has 0 aliphatic rings. The molecule has 7 heteroatoms. The standard InChI is InChI=1S/C21H25N3O3S/c1-5-14(3)22-19(25)12-27-21(26)18-10-17-15(4)23-24(20(17)28-18)11-16-8-6-13(2)7-9-16/h6-10,14H,5,11-12H2,1-4H3,(H,22,25)/t14-/m1/s1. The predicted molar refractivity (Wildman–Crippen MR) is 111 cm³/mol. The highest BCUT2D eigenvalue weighted by Gasteiger charge is 2.18. The van der Waals surface area contributed by atoms with Crippen LogP contribution < -0.4 is 5.32 Å². The molecule has 3 aromatic rings. The predicted octanol–water partition coefficient (Wildman–Crippen LogP) is 3.83. The molecule has 0 saturated heterocycles. The number of thiophene rings is 1. The number of aryl methyl sites for hydroxylation is 2. The Labute approximate surface area is 168 Å². The molecule has 0 saturated carbocycles. The molecule has 0 spiro atoms. The molecule has 1 atom stereocenters. The van der Waals surface area contributed by atoms with E-state index >= 15 is 0 Å². The van der Waals surface area contributed by atoms with Crippen molar-refractivity contribution in [3.05, 3.63) is 52.0 Å². The third-order valence-electron chi connectivity index (χ3n) is 4.62. The lowest BCUT2D eigenvalue weighted by Gasteiger charge is -2.11. The van der Waals surface area contributed by atoms with Gasteiger partial charge < -0.3 is 10.1 Å². The zero-order valence-corrected chi connectivity index (χ0v) is 17.4. The van der Waals surface area contributed by atoms with E-state index < -0.39 is 5.97 Å². The zero-order valence-electron chi connectivity index (χ0n) is 16.6. The summed E-state index contributed by atoms with van der Waals surface area (Å²) in [6.07, 6.45) is 0.826. The molecule has 0 fully saturated rings. The van der Waals surface area contributed by atoms with Crippen molar-refractivity contribution in [2.75, 3.05) is 6.61 Å². The van der Waals surface area contributed by atoms with Crippen LogP contribution >= 0.6 is 11.3 Å². The molecule has 0 aliphatic heterocycles. The average Bonchev–Trinajstić information content (AvgIpc) is 3.23. The van der Waals surface area contributed by atoms with Gasteiger partial charge in [-0.2, -0.15) is 5.10 Å². The van der Waals surface area contributed by atoms with Gasteiger partial charge >= 0.3 is 5.97 Å². The molecule has 3 rings (SSSR count). The number of rotatable bonds is 7. The maximum Gasteiger partial charge on any atom is 0.348 e. The summed E-state index contributed by atoms with van der Waals surface area (Å²) in [6, 6.07) is 10.2. The van der Waals surface area contributed by atoms with E-state index in [1.165, 1.54) is 16.9 Å². The van der Waals surface area contributed by atoms with Crippen molar-refractivity contribution in [2.45, 2.75) is 46.7 Å². The monoisotopic (exact) mass is 399 g/mol. The Hall–Kier alpha value is -2.67. The third kappa shape index (κ3) is 4.59. The van der Waals surface area contributed by atoms with Crippen LogP contribution in [0.25, 0.3) is 10.2 Å². The van der Waals surface area contributed by atoms with Crippen molar-refractivity contribution >= 4 is 33.4 Å². The summed E-state index contributed by atoms with van der Waals surface area (Å²) in [5.74, 6) is -0.771. The highest BCUT2D eigenvalue weighted by Crippen LogP contribution is 2.29. The van der Waals surface area contributed by atoms with Gasteiger partial charge in [0.05, 0.1) is 12.2 Å². The van der Waals surface area contributed by atoms with E-state index in [4.69, 9.17) is 4.74 Å². The molecule has 2 aromatic heterocycles. The maximum absolute atomic E-state index is 12.4. The van der Waals surface area contributed by atoms with E-state index in [-0.39, 0.29) is 18.6 Å². The number of nitrogens with zero attached hydrogens (tertiary/aromatic N) is 2. The number of benzene rings is 1. The molecule has 0 radical (unpaired) electrons. The number of aromatic nitrogens is 2. The number of hydrogen-bond acceptors (Lipinski definition) is 5. The first-order chi connectivity index (χ1) is 13.4. The van der Waals surface area contributed by atoms with Gasteiger partial charge in [0.1, 0.15) is 9.71 Å². The van der Waals surface area contributed by atoms with Gasteiger partial charge in [-0.1, -0.05) is 36.8 Å². The second-order valence-electron chi connectivity index (χ2n) is 7.01. The van der Waals surface area contributed by atoms with Crippen LogP contribution in [0.15, 0.2) is 30.3 Å². The fourth-order valence-corrected chi connectivity index (χ4v) is 3.86. The Kier molecular flexibility index (Phi) is 6.14. The van der Waals surface area contributed by atoms with Crippen molar-refractivity contribution in [1.29, 1.82) is 0 Å². The molecule has 2 heterocycles. The van der Waals surface area contributed by atoms with Crippen molar-refractivity contribution < 1.29 is 14.3 Å². The zero-order chi connectivity index (χ0) is 20.3. The summed E-state index contributed by atoms with van der Waals surface area (Å²) in [5.41, 5.74) is 3.23. The van der Waals surface area contributed by atoms with E-state index in [0.29, 0.717) is 11.4 Å². The molecule has 0 aliphatic carbocycles. The Morgan fingerprint density at radius 3 is 2.64 bits per heavy atom. The van der Waals surface area contributed by atoms with Gasteiger partial charge in [-0.25, -0.2) is 4.79 Å². The minimum Gasteiger partial charge on any atom is -0.451 e. The molecule has 1 N–H and O–H groups in total. The first-order valence-corrected chi connectivity index (χ1v) is 10.2. The van der Waals surface area contributed by atoms with Crippen LogP contribution in [0.4, 0.5) is 0 Å². The lowest BCUT2D eigenvalue weighted by molar-refractivity contribution is -0.124. The Morgan fingerprint density at radius 1 is 1.25 bits per heavy atom. The molecule has 6 nitrogen and oxygen atoms in total. The summed E-state index contributed by atoms with van der Waals surface area (Å²) in [7, 11) is 0. The minimum absolute atomic E-state index is 0.0611. The van der Waals surface area contributed by atoms with Crippen LogP contribution in [0.3, 0.4) is 0 Å². The van der Waals surface area contributed by atoms with Crippen molar-refractivity contribution in [3.63, 3.8) is 0 Å². The van der Waals surface area contributed by atoms with Gasteiger partial charge in [-0.3, -0.25) is 9.48 Å². The van der Waals surface area contributed by atoms with Crippen LogP contribution in [0.5, 0.6) is 0 Å². The summed E-state index contributed by atoms with van der Waals surface area (Å²) >= 11 is 1.34. The number of amides is 1. The highest BCUT2D eigenvalue weighted by molar-refractivity contribution is 7.20. The van der Waals surface area contributed by atoms with Crippen LogP contribution in [-0.2, 0) is 16.1 Å². The summed E-state index contributed by atoms with van der Waals surface area (Å²) in [6.45, 7) is 8.24. The number of hydrogen-bond donors (Lipinski definition) is 1. The van der Waals surface area contributed by atoms with Crippen molar-refractivity contribution in [1.82, 2.24) is 15.1 Å². The van der Waals surface area contributed by atoms with Gasteiger partial charge in [-0.05, 0) is 38.8 Å². The van der Waals surface area contributed by atoms with E-state index in [2.05, 4.69) is 41.6 Å². The smallest absolute Gasteiger partial charge is 0.348 e. The maximum atomic E-state index is 12.4. The van der Waals surface area contributed by atoms with Gasteiger partial charge in [0.2, 0.25) is 0 Å². The van der Waals surface area contributed by atoms with E-state index in [1.54, 1.807) is 6.07 Å². The molecular formula is C21H25N3O3S. The fraction of sp³-hybridized carbons (Fsp3) is 0.381. The first-order valence-electron chi connectivity index (χ1n) is 9.36. The Morgan fingerprint density at radius 2 is 1.96 bits per heavy atom. The number of esters is 1. The van der Waals surface area contributed by atoms with Gasteiger partial charge in [0.15, 0.2) is 6.61 Å². The molecule has 148 valence electrons. The number of carbonyl (C=O) groups excluding carboxylic acids is 2. The van der Waals surface area contributed by atoms with Crippen LogP contribution in [0.2, 0.25) is 0 Å². The molecule has 28 heavy (non-hydrogen) atoms. The Bertz CT molecular complexity index is 988. The third-order valence-corrected chi connectivity index (χ3v) is 5.74. The SMILES string of the molecule is CC[C@@H](C)NC(=O)COC(=O)c1cc2c(C)nn(Cc3ccc(C)cc3)c2s1. The van der Waals surface area contributed by atoms with Gasteiger partial charge in [0.25, 0.3) is 5.91 Å². The lowest BCUT2D eigenvalue weighted by Crippen LogP contribution is -2.35. The van der Waals surface area contributed by atoms with Gasteiger partial charge in [-0.15, -0.1) is 11.3 Å². The number of nitrogens with one attached hydrogen (secondary N) is 1. The van der Waals surface area contributed by atoms with Crippen LogP contribution in [0.1, 0.15) is 46.8 Å². The van der Waals surface area contributed by atoms with E-state index in [1.807, 2.05) is 25.5 Å². The molecule has 0 bridgehead atoms. The van der Waals surface area contributed by atoms with E-state index in [9.17, 15) is 9.59 Å². The topological polar surface area (TPSA) is 73.2 Å². The lowest BCUT2D eigenvalue weighted by atomic mass is 10.1. The summed E-state index contributed by atoms with van der Waals surface area (Å²) in [5, 5.41) is 8.31. The average molecular weight is 400 g/mol. The normalized spacial score (nSPS) is 12.1. The minimum atomic E-state index is -0.484. The van der Waals surface area contributed by atoms with Crippen LogP contribution in [0, 0.1) is 13.8 Å². The largest absolute Gasteiger partial charge is 0.451 e. The number of carbonyl (C=O) groups is 2. The molecular weight excluding hydrogens is 374 g/mol. The Balaban J connectivity index is 1.72. The van der Waals surface area contributed by atoms with Crippen LogP contribution in [-0.4, -0.2) is 34.3 Å². The molecule has 1 amide bonds. The first kappa shape index (κ1) is 20.1. The van der Waals surface area contributed by atoms with E-state index in [0.717, 1.165) is 27.9 Å². The highest BCUT2D eigenvalue weighted by atomic mass is 32.1. The summed E-state index contributed by atoms with van der Waals surface area (Å²) in [4.78, 5) is 25.6. The number of fused-ring (bicyclic) bond motifs is 1. The number of ether oxygens (including phenoxy) is 1. The van der Waals surface area contributed by atoms with Crippen molar-refractivity contribution in [2.24, 2.45) is 0 Å². The van der Waals surface area contributed by atoms with Gasteiger partial charge in [0, 0.05) is 11.4 Å². The second kappa shape index (κ2) is 8.56. The molecule has 0 unspecified atom stereocenters. The van der Waals surface area contributed by atoms with Crippen molar-refractivity contribution in [3.8, 4) is 0 Å². The summed E-state index contributed by atoms with van der Waals surface area (Å²) < 4.78 is 7.08.